The number of amides is 2. The van der Waals surface area contributed by atoms with Gasteiger partial charge in [0.2, 0.25) is 0 Å². The Bertz CT molecular complexity index is 1030. The maximum absolute atomic E-state index is 12.8. The van der Waals surface area contributed by atoms with E-state index in [0.717, 1.165) is 29.0 Å². The highest BCUT2D eigenvalue weighted by atomic mass is 32.1. The van der Waals surface area contributed by atoms with E-state index in [-0.39, 0.29) is 11.8 Å². The minimum absolute atomic E-state index is 0.0309. The second-order valence-electron chi connectivity index (χ2n) is 6.76. The van der Waals surface area contributed by atoms with Crippen molar-refractivity contribution in [1.82, 2.24) is 0 Å². The minimum Gasteiger partial charge on any atom is -0.493 e. The lowest BCUT2D eigenvalue weighted by Gasteiger charge is -2.29. The fourth-order valence-electron chi connectivity index (χ4n) is 3.55. The Morgan fingerprint density at radius 3 is 2.79 bits per heavy atom. The van der Waals surface area contributed by atoms with Gasteiger partial charge in [0.25, 0.3) is 11.8 Å². The van der Waals surface area contributed by atoms with Gasteiger partial charge in [-0.2, -0.15) is 0 Å². The van der Waals surface area contributed by atoms with Crippen LogP contribution in [0.3, 0.4) is 0 Å². The SMILES string of the molecule is CCOc1ccccc1C(=O)Nc1ccc2c(c1)CCCN2C(=O)c1cccs1. The van der Waals surface area contributed by atoms with Crippen LogP contribution in [0.1, 0.15) is 38.9 Å². The number of thiophene rings is 1. The van der Waals surface area contributed by atoms with Crippen molar-refractivity contribution in [2.24, 2.45) is 0 Å². The molecule has 0 saturated carbocycles. The molecular formula is C23H22N2O3S. The van der Waals surface area contributed by atoms with Gasteiger partial charge in [-0.3, -0.25) is 9.59 Å². The van der Waals surface area contributed by atoms with Crippen LogP contribution in [0.5, 0.6) is 5.75 Å². The van der Waals surface area contributed by atoms with E-state index < -0.39 is 0 Å². The van der Waals surface area contributed by atoms with Crippen LogP contribution in [0.4, 0.5) is 11.4 Å². The molecule has 2 aromatic carbocycles. The van der Waals surface area contributed by atoms with Gasteiger partial charge in [-0.05, 0) is 67.1 Å². The molecular weight excluding hydrogens is 384 g/mol. The van der Waals surface area contributed by atoms with Crippen molar-refractivity contribution in [3.8, 4) is 5.75 Å². The predicted molar refractivity (Wildman–Crippen MR) is 116 cm³/mol. The smallest absolute Gasteiger partial charge is 0.268 e. The highest BCUT2D eigenvalue weighted by Crippen LogP contribution is 2.32. The molecule has 0 atom stereocenters. The number of para-hydroxylation sites is 1. The molecule has 5 nitrogen and oxygen atoms in total. The highest BCUT2D eigenvalue weighted by Gasteiger charge is 2.24. The molecule has 3 aromatic rings. The summed E-state index contributed by atoms with van der Waals surface area (Å²) in [4.78, 5) is 28.1. The number of benzene rings is 2. The number of fused-ring (bicyclic) bond motifs is 1. The third-order valence-electron chi connectivity index (χ3n) is 4.86. The average molecular weight is 407 g/mol. The molecule has 0 radical (unpaired) electrons. The third kappa shape index (κ3) is 4.03. The number of nitrogens with one attached hydrogen (secondary N) is 1. The van der Waals surface area contributed by atoms with Gasteiger partial charge in [-0.1, -0.05) is 18.2 Å². The number of carbonyl (C=O) groups is 2. The van der Waals surface area contributed by atoms with Crippen molar-refractivity contribution in [3.05, 3.63) is 76.0 Å². The first kappa shape index (κ1) is 19.2. The number of aryl methyl sites for hydroxylation is 1. The molecule has 29 heavy (non-hydrogen) atoms. The van der Waals surface area contributed by atoms with Crippen LogP contribution in [-0.4, -0.2) is 25.0 Å². The number of rotatable bonds is 5. The fraction of sp³-hybridized carbons (Fsp3) is 0.217. The quantitative estimate of drug-likeness (QED) is 0.649. The summed E-state index contributed by atoms with van der Waals surface area (Å²) in [6, 6.07) is 16.7. The molecule has 1 aliphatic heterocycles. The largest absolute Gasteiger partial charge is 0.493 e. The fourth-order valence-corrected chi connectivity index (χ4v) is 4.23. The lowest BCUT2D eigenvalue weighted by molar-refractivity contribution is 0.0986. The van der Waals surface area contributed by atoms with Crippen molar-refractivity contribution >= 4 is 34.5 Å². The maximum Gasteiger partial charge on any atom is 0.268 e. The Morgan fingerprint density at radius 1 is 1.14 bits per heavy atom. The molecule has 1 N–H and O–H groups in total. The molecule has 4 rings (SSSR count). The molecule has 1 aromatic heterocycles. The third-order valence-corrected chi connectivity index (χ3v) is 5.72. The maximum atomic E-state index is 12.8. The van der Waals surface area contributed by atoms with Gasteiger partial charge in [0.15, 0.2) is 0 Å². The van der Waals surface area contributed by atoms with Crippen LogP contribution >= 0.6 is 11.3 Å². The molecule has 0 unspecified atom stereocenters. The summed E-state index contributed by atoms with van der Waals surface area (Å²) < 4.78 is 5.56. The van der Waals surface area contributed by atoms with Crippen LogP contribution in [0, 0.1) is 0 Å². The molecule has 2 amide bonds. The molecule has 0 spiro atoms. The zero-order valence-corrected chi connectivity index (χ0v) is 17.0. The van der Waals surface area contributed by atoms with E-state index in [2.05, 4.69) is 5.32 Å². The summed E-state index contributed by atoms with van der Waals surface area (Å²) in [5.74, 6) is 0.387. The lowest BCUT2D eigenvalue weighted by atomic mass is 10.0. The Balaban J connectivity index is 1.56. The average Bonchev–Trinajstić information content (AvgIpc) is 3.28. The highest BCUT2D eigenvalue weighted by molar-refractivity contribution is 7.12. The predicted octanol–water partition coefficient (Wildman–Crippen LogP) is 4.99. The van der Waals surface area contributed by atoms with Gasteiger partial charge >= 0.3 is 0 Å². The number of anilines is 2. The topological polar surface area (TPSA) is 58.6 Å². The van der Waals surface area contributed by atoms with Crippen molar-refractivity contribution in [1.29, 1.82) is 0 Å². The zero-order chi connectivity index (χ0) is 20.2. The van der Waals surface area contributed by atoms with E-state index >= 15 is 0 Å². The second-order valence-corrected chi connectivity index (χ2v) is 7.71. The summed E-state index contributed by atoms with van der Waals surface area (Å²) in [5.41, 5.74) is 3.20. The molecule has 148 valence electrons. The first-order valence-electron chi connectivity index (χ1n) is 9.69. The van der Waals surface area contributed by atoms with Gasteiger partial charge in [0.1, 0.15) is 5.75 Å². The molecule has 0 saturated heterocycles. The zero-order valence-electron chi connectivity index (χ0n) is 16.2. The van der Waals surface area contributed by atoms with E-state index in [0.29, 0.717) is 30.2 Å². The lowest BCUT2D eigenvalue weighted by Crippen LogP contribution is -2.35. The molecule has 2 heterocycles. The van der Waals surface area contributed by atoms with Gasteiger partial charge in [0, 0.05) is 17.9 Å². The standard InChI is InChI=1S/C23H22N2O3S/c1-2-28-20-9-4-3-8-18(20)22(26)24-17-11-12-19-16(15-17)7-5-13-25(19)23(27)21-10-6-14-29-21/h3-4,6,8-12,14-15H,2,5,7,13H2,1H3,(H,24,26). The van der Waals surface area contributed by atoms with E-state index in [1.807, 2.05) is 59.7 Å². The summed E-state index contributed by atoms with van der Waals surface area (Å²) >= 11 is 1.45. The number of hydrogen-bond acceptors (Lipinski definition) is 4. The van der Waals surface area contributed by atoms with Gasteiger partial charge in [-0.25, -0.2) is 0 Å². The van der Waals surface area contributed by atoms with Crippen molar-refractivity contribution in [2.45, 2.75) is 19.8 Å². The Morgan fingerprint density at radius 2 is 2.00 bits per heavy atom. The number of hydrogen-bond donors (Lipinski definition) is 1. The number of carbonyl (C=O) groups excluding carboxylic acids is 2. The minimum atomic E-state index is -0.212. The Labute approximate surface area is 173 Å². The van der Waals surface area contributed by atoms with Crippen LogP contribution in [-0.2, 0) is 6.42 Å². The first-order valence-corrected chi connectivity index (χ1v) is 10.6. The summed E-state index contributed by atoms with van der Waals surface area (Å²) in [6.07, 6.45) is 1.78. The summed E-state index contributed by atoms with van der Waals surface area (Å²) in [6.45, 7) is 3.09. The number of nitrogens with zero attached hydrogens (tertiary/aromatic N) is 1. The van der Waals surface area contributed by atoms with Crippen LogP contribution < -0.4 is 15.0 Å². The first-order chi connectivity index (χ1) is 14.2. The van der Waals surface area contributed by atoms with Gasteiger partial charge in [-0.15, -0.1) is 11.3 Å². The molecule has 0 fully saturated rings. The number of ether oxygens (including phenoxy) is 1. The van der Waals surface area contributed by atoms with E-state index in [9.17, 15) is 9.59 Å². The molecule has 1 aliphatic rings. The van der Waals surface area contributed by atoms with E-state index in [1.165, 1.54) is 11.3 Å². The Hall–Kier alpha value is -3.12. The van der Waals surface area contributed by atoms with Crippen LogP contribution in [0.25, 0.3) is 0 Å². The van der Waals surface area contributed by atoms with Gasteiger partial charge in [0.05, 0.1) is 17.0 Å². The second kappa shape index (κ2) is 8.49. The van der Waals surface area contributed by atoms with E-state index in [4.69, 9.17) is 4.74 Å². The van der Waals surface area contributed by atoms with Crippen molar-refractivity contribution < 1.29 is 14.3 Å². The van der Waals surface area contributed by atoms with Gasteiger partial charge < -0.3 is 15.0 Å². The summed E-state index contributed by atoms with van der Waals surface area (Å²) in [5, 5.41) is 4.87. The molecule has 6 heteroatoms. The van der Waals surface area contributed by atoms with Crippen LogP contribution in [0.15, 0.2) is 60.0 Å². The summed E-state index contributed by atoms with van der Waals surface area (Å²) in [7, 11) is 0. The van der Waals surface area contributed by atoms with Crippen LogP contribution in [0.2, 0.25) is 0 Å². The van der Waals surface area contributed by atoms with Crippen molar-refractivity contribution in [2.75, 3.05) is 23.4 Å². The monoisotopic (exact) mass is 406 g/mol. The van der Waals surface area contributed by atoms with Crippen molar-refractivity contribution in [3.63, 3.8) is 0 Å². The normalized spacial score (nSPS) is 12.9. The van der Waals surface area contributed by atoms with E-state index in [1.54, 1.807) is 12.1 Å². The Kier molecular flexibility index (Phi) is 5.62. The molecule has 0 aliphatic carbocycles. The molecule has 0 bridgehead atoms.